The summed E-state index contributed by atoms with van der Waals surface area (Å²) in [5, 5.41) is 0. The van der Waals surface area contributed by atoms with Crippen molar-refractivity contribution in [3.8, 4) is 0 Å². The third-order valence-corrected chi connectivity index (χ3v) is 3.65. The van der Waals surface area contributed by atoms with Gasteiger partial charge in [-0.15, -0.1) is 6.58 Å². The standard InChI is InChI=1S/C14H28N2/c1-5-11-16(13(2,3)4)12-14(15)9-7-6-8-10-14/h5H,1,6-12,15H2,2-4H3. The van der Waals surface area contributed by atoms with Gasteiger partial charge in [-0.25, -0.2) is 0 Å². The number of nitrogens with two attached hydrogens (primary N) is 1. The van der Waals surface area contributed by atoms with Crippen molar-refractivity contribution >= 4 is 0 Å². The molecule has 1 fully saturated rings. The Kier molecular flexibility index (Phi) is 4.57. The molecule has 0 saturated heterocycles. The lowest BCUT2D eigenvalue weighted by molar-refractivity contribution is 0.100. The molecule has 1 rings (SSSR count). The molecule has 16 heavy (non-hydrogen) atoms. The summed E-state index contributed by atoms with van der Waals surface area (Å²) in [6.45, 7) is 12.5. The molecule has 0 heterocycles. The molecular weight excluding hydrogens is 196 g/mol. The van der Waals surface area contributed by atoms with Crippen LogP contribution < -0.4 is 5.73 Å². The third kappa shape index (κ3) is 3.91. The van der Waals surface area contributed by atoms with Crippen LogP contribution in [0.4, 0.5) is 0 Å². The zero-order chi connectivity index (χ0) is 12.2. The maximum atomic E-state index is 6.51. The largest absolute Gasteiger partial charge is 0.324 e. The summed E-state index contributed by atoms with van der Waals surface area (Å²) < 4.78 is 0. The Hall–Kier alpha value is -0.340. The zero-order valence-electron chi connectivity index (χ0n) is 11.3. The minimum atomic E-state index is 0.0363. The highest BCUT2D eigenvalue weighted by molar-refractivity contribution is 4.94. The molecule has 2 nitrogen and oxygen atoms in total. The SMILES string of the molecule is C=CCN(CC1(N)CCCCC1)C(C)(C)C. The minimum Gasteiger partial charge on any atom is -0.324 e. The van der Waals surface area contributed by atoms with Gasteiger partial charge < -0.3 is 5.73 Å². The molecule has 0 aliphatic heterocycles. The lowest BCUT2D eigenvalue weighted by atomic mass is 9.81. The Labute approximate surface area is 101 Å². The fraction of sp³-hybridized carbons (Fsp3) is 0.857. The molecule has 0 aromatic heterocycles. The van der Waals surface area contributed by atoms with Crippen LogP contribution in [0.15, 0.2) is 12.7 Å². The Balaban J connectivity index is 2.62. The van der Waals surface area contributed by atoms with Gasteiger partial charge in [0.2, 0.25) is 0 Å². The van der Waals surface area contributed by atoms with Gasteiger partial charge in [0.05, 0.1) is 0 Å². The fourth-order valence-corrected chi connectivity index (χ4v) is 2.53. The molecule has 0 unspecified atom stereocenters. The van der Waals surface area contributed by atoms with Crippen LogP contribution in [-0.4, -0.2) is 29.1 Å². The predicted molar refractivity (Wildman–Crippen MR) is 71.5 cm³/mol. The van der Waals surface area contributed by atoms with Gasteiger partial charge in [0, 0.05) is 24.2 Å². The minimum absolute atomic E-state index is 0.0363. The fourth-order valence-electron chi connectivity index (χ4n) is 2.53. The van der Waals surface area contributed by atoms with Gasteiger partial charge in [-0.05, 0) is 33.6 Å². The number of rotatable bonds is 4. The van der Waals surface area contributed by atoms with Crippen LogP contribution in [0.5, 0.6) is 0 Å². The highest BCUT2D eigenvalue weighted by Gasteiger charge is 2.32. The van der Waals surface area contributed by atoms with Crippen LogP contribution in [0.3, 0.4) is 0 Å². The van der Waals surface area contributed by atoms with E-state index in [2.05, 4.69) is 32.3 Å². The Bertz CT molecular complexity index is 221. The number of hydrogen-bond acceptors (Lipinski definition) is 2. The van der Waals surface area contributed by atoms with E-state index in [9.17, 15) is 0 Å². The van der Waals surface area contributed by atoms with E-state index < -0.39 is 0 Å². The van der Waals surface area contributed by atoms with Crippen LogP contribution in [0, 0.1) is 0 Å². The van der Waals surface area contributed by atoms with E-state index in [0.29, 0.717) is 0 Å². The van der Waals surface area contributed by atoms with Crippen LogP contribution in [0.2, 0.25) is 0 Å². The molecule has 1 aliphatic carbocycles. The number of hydrogen-bond donors (Lipinski definition) is 1. The summed E-state index contributed by atoms with van der Waals surface area (Å²) in [5.74, 6) is 0. The van der Waals surface area contributed by atoms with E-state index in [4.69, 9.17) is 5.73 Å². The van der Waals surface area contributed by atoms with E-state index in [1.54, 1.807) is 0 Å². The van der Waals surface area contributed by atoms with Crippen LogP contribution in [0.25, 0.3) is 0 Å². The van der Waals surface area contributed by atoms with Gasteiger partial charge in [0.25, 0.3) is 0 Å². The first-order valence-electron chi connectivity index (χ1n) is 6.52. The second-order valence-electron chi connectivity index (χ2n) is 6.26. The van der Waals surface area contributed by atoms with E-state index in [0.717, 1.165) is 13.1 Å². The van der Waals surface area contributed by atoms with E-state index in [-0.39, 0.29) is 11.1 Å². The average Bonchev–Trinajstić information content (AvgIpc) is 2.16. The van der Waals surface area contributed by atoms with Crippen LogP contribution in [0.1, 0.15) is 52.9 Å². The lowest BCUT2D eigenvalue weighted by Crippen LogP contribution is -2.56. The second kappa shape index (κ2) is 5.33. The predicted octanol–water partition coefficient (Wildman–Crippen LogP) is 2.93. The van der Waals surface area contributed by atoms with Gasteiger partial charge >= 0.3 is 0 Å². The monoisotopic (exact) mass is 224 g/mol. The molecule has 0 aromatic carbocycles. The summed E-state index contributed by atoms with van der Waals surface area (Å²) in [5.41, 5.74) is 6.73. The second-order valence-corrected chi connectivity index (χ2v) is 6.26. The Morgan fingerprint density at radius 3 is 2.25 bits per heavy atom. The molecule has 94 valence electrons. The highest BCUT2D eigenvalue weighted by atomic mass is 15.2. The summed E-state index contributed by atoms with van der Waals surface area (Å²) in [6, 6.07) is 0. The van der Waals surface area contributed by atoms with Crippen molar-refractivity contribution in [3.63, 3.8) is 0 Å². The molecule has 0 bridgehead atoms. The van der Waals surface area contributed by atoms with Crippen molar-refractivity contribution < 1.29 is 0 Å². The molecule has 2 heteroatoms. The normalized spacial score (nSPS) is 21.1. The van der Waals surface area contributed by atoms with Gasteiger partial charge in [0.15, 0.2) is 0 Å². The van der Waals surface area contributed by atoms with Crippen LogP contribution in [-0.2, 0) is 0 Å². The molecule has 1 aliphatic rings. The van der Waals surface area contributed by atoms with Crippen molar-refractivity contribution in [2.45, 2.75) is 64.0 Å². The summed E-state index contributed by atoms with van der Waals surface area (Å²) in [4.78, 5) is 2.45. The van der Waals surface area contributed by atoms with Crippen molar-refractivity contribution in [2.75, 3.05) is 13.1 Å². The third-order valence-electron chi connectivity index (χ3n) is 3.65. The van der Waals surface area contributed by atoms with Crippen molar-refractivity contribution in [1.82, 2.24) is 4.90 Å². The molecule has 0 aromatic rings. The first kappa shape index (κ1) is 13.7. The van der Waals surface area contributed by atoms with Gasteiger partial charge in [-0.1, -0.05) is 25.3 Å². The molecule has 0 amide bonds. The lowest BCUT2D eigenvalue weighted by Gasteiger charge is -2.43. The van der Waals surface area contributed by atoms with E-state index in [1.807, 2.05) is 6.08 Å². The molecular formula is C14H28N2. The highest BCUT2D eigenvalue weighted by Crippen LogP contribution is 2.28. The van der Waals surface area contributed by atoms with Crippen molar-refractivity contribution in [3.05, 3.63) is 12.7 Å². The summed E-state index contributed by atoms with van der Waals surface area (Å²) >= 11 is 0. The summed E-state index contributed by atoms with van der Waals surface area (Å²) in [7, 11) is 0. The Morgan fingerprint density at radius 2 is 1.81 bits per heavy atom. The average molecular weight is 224 g/mol. The zero-order valence-corrected chi connectivity index (χ0v) is 11.3. The maximum Gasteiger partial charge on any atom is 0.0283 e. The summed E-state index contributed by atoms with van der Waals surface area (Å²) in [6.07, 6.45) is 8.28. The maximum absolute atomic E-state index is 6.51. The van der Waals surface area contributed by atoms with Gasteiger partial charge in [-0.2, -0.15) is 0 Å². The molecule has 0 atom stereocenters. The van der Waals surface area contributed by atoms with E-state index >= 15 is 0 Å². The quantitative estimate of drug-likeness (QED) is 0.744. The van der Waals surface area contributed by atoms with Gasteiger partial charge in [-0.3, -0.25) is 4.90 Å². The molecule has 1 saturated carbocycles. The Morgan fingerprint density at radius 1 is 1.25 bits per heavy atom. The first-order chi connectivity index (χ1) is 7.37. The molecule has 0 radical (unpaired) electrons. The van der Waals surface area contributed by atoms with Crippen molar-refractivity contribution in [1.29, 1.82) is 0 Å². The molecule has 0 spiro atoms. The molecule has 2 N–H and O–H groups in total. The van der Waals surface area contributed by atoms with Gasteiger partial charge in [0.1, 0.15) is 0 Å². The van der Waals surface area contributed by atoms with E-state index in [1.165, 1.54) is 32.1 Å². The first-order valence-corrected chi connectivity index (χ1v) is 6.52. The smallest absolute Gasteiger partial charge is 0.0283 e. The number of nitrogens with zero attached hydrogens (tertiary/aromatic N) is 1. The van der Waals surface area contributed by atoms with Crippen molar-refractivity contribution in [2.24, 2.45) is 5.73 Å². The topological polar surface area (TPSA) is 29.3 Å². The van der Waals surface area contributed by atoms with Crippen LogP contribution >= 0.6 is 0 Å².